The van der Waals surface area contributed by atoms with Gasteiger partial charge in [0.05, 0.1) is 6.61 Å². The monoisotopic (exact) mass is 270 g/mol. The average Bonchev–Trinajstić information content (AvgIpc) is 2.35. The van der Waals surface area contributed by atoms with Crippen LogP contribution in [0.4, 0.5) is 0 Å². The van der Waals surface area contributed by atoms with Gasteiger partial charge in [0.2, 0.25) is 0 Å². The number of nitrogens with one attached hydrogen (secondary N) is 2. The zero-order chi connectivity index (χ0) is 13.2. The van der Waals surface area contributed by atoms with Gasteiger partial charge in [-0.2, -0.15) is 0 Å². The molecule has 0 atom stereocenters. The van der Waals surface area contributed by atoms with Crippen molar-refractivity contribution in [3.05, 3.63) is 34.3 Å². The molecule has 0 aromatic heterocycles. The van der Waals surface area contributed by atoms with Crippen LogP contribution in [0.3, 0.4) is 0 Å². The molecule has 0 unspecified atom stereocenters. The van der Waals surface area contributed by atoms with Gasteiger partial charge in [0.25, 0.3) is 0 Å². The van der Waals surface area contributed by atoms with E-state index in [0.717, 1.165) is 44.2 Å². The van der Waals surface area contributed by atoms with Gasteiger partial charge in [-0.05, 0) is 49.7 Å². The van der Waals surface area contributed by atoms with Crippen LogP contribution < -0.4 is 10.6 Å². The fourth-order valence-electron chi connectivity index (χ4n) is 1.72. The fourth-order valence-corrected chi connectivity index (χ4v) is 1.94. The van der Waals surface area contributed by atoms with Crippen molar-refractivity contribution in [1.82, 2.24) is 10.6 Å². The van der Waals surface area contributed by atoms with Crippen molar-refractivity contribution in [2.24, 2.45) is 0 Å². The molecule has 0 aliphatic rings. The van der Waals surface area contributed by atoms with E-state index in [1.165, 1.54) is 11.1 Å². The summed E-state index contributed by atoms with van der Waals surface area (Å²) in [6.07, 6.45) is 1.12. The van der Waals surface area contributed by atoms with Crippen LogP contribution >= 0.6 is 11.6 Å². The SMILES string of the molecule is COCCNCCCNCc1ccc(Cl)cc1C. The molecular weight excluding hydrogens is 248 g/mol. The number of hydrogen-bond donors (Lipinski definition) is 2. The Morgan fingerprint density at radius 3 is 2.67 bits per heavy atom. The third kappa shape index (κ3) is 6.36. The van der Waals surface area contributed by atoms with Crippen molar-refractivity contribution in [1.29, 1.82) is 0 Å². The minimum Gasteiger partial charge on any atom is -0.383 e. The molecule has 0 aliphatic heterocycles. The maximum atomic E-state index is 5.92. The van der Waals surface area contributed by atoms with Gasteiger partial charge < -0.3 is 15.4 Å². The smallest absolute Gasteiger partial charge is 0.0587 e. The first-order valence-corrected chi connectivity index (χ1v) is 6.77. The molecule has 102 valence electrons. The Balaban J connectivity index is 2.07. The quantitative estimate of drug-likeness (QED) is 0.676. The summed E-state index contributed by atoms with van der Waals surface area (Å²) in [7, 11) is 1.72. The number of rotatable bonds is 9. The molecule has 0 bridgehead atoms. The van der Waals surface area contributed by atoms with Crippen molar-refractivity contribution < 1.29 is 4.74 Å². The molecule has 0 aliphatic carbocycles. The molecular formula is C14H23ClN2O. The number of methoxy groups -OCH3 is 1. The highest BCUT2D eigenvalue weighted by atomic mass is 35.5. The lowest BCUT2D eigenvalue weighted by Crippen LogP contribution is -2.24. The summed E-state index contributed by atoms with van der Waals surface area (Å²) in [5.41, 5.74) is 2.56. The van der Waals surface area contributed by atoms with Crippen LogP contribution in [0.5, 0.6) is 0 Å². The Hall–Kier alpha value is -0.610. The fraction of sp³-hybridized carbons (Fsp3) is 0.571. The van der Waals surface area contributed by atoms with E-state index in [-0.39, 0.29) is 0 Å². The van der Waals surface area contributed by atoms with Crippen molar-refractivity contribution in [2.75, 3.05) is 33.4 Å². The van der Waals surface area contributed by atoms with Crippen LogP contribution in [0.1, 0.15) is 17.5 Å². The zero-order valence-corrected chi connectivity index (χ0v) is 12.0. The summed E-state index contributed by atoms with van der Waals surface area (Å²) < 4.78 is 4.96. The van der Waals surface area contributed by atoms with Gasteiger partial charge in [-0.15, -0.1) is 0 Å². The first-order valence-electron chi connectivity index (χ1n) is 6.39. The molecule has 0 saturated carbocycles. The molecule has 0 fully saturated rings. The van der Waals surface area contributed by atoms with Gasteiger partial charge in [0.15, 0.2) is 0 Å². The number of aryl methyl sites for hydroxylation is 1. The topological polar surface area (TPSA) is 33.3 Å². The van der Waals surface area contributed by atoms with Crippen LogP contribution in [0.25, 0.3) is 0 Å². The minimum atomic E-state index is 0.775. The molecule has 1 aromatic rings. The van der Waals surface area contributed by atoms with E-state index in [0.29, 0.717) is 0 Å². The number of benzene rings is 1. The van der Waals surface area contributed by atoms with Crippen LogP contribution in [-0.4, -0.2) is 33.4 Å². The van der Waals surface area contributed by atoms with Crippen LogP contribution in [0.15, 0.2) is 18.2 Å². The van der Waals surface area contributed by atoms with Crippen LogP contribution in [0.2, 0.25) is 5.02 Å². The van der Waals surface area contributed by atoms with E-state index in [1.54, 1.807) is 7.11 Å². The molecule has 2 N–H and O–H groups in total. The summed E-state index contributed by atoms with van der Waals surface area (Å²) in [6, 6.07) is 6.03. The largest absolute Gasteiger partial charge is 0.383 e. The molecule has 0 saturated heterocycles. The van der Waals surface area contributed by atoms with Crippen molar-refractivity contribution >= 4 is 11.6 Å². The average molecular weight is 271 g/mol. The predicted molar refractivity (Wildman–Crippen MR) is 77.3 cm³/mol. The Bertz CT molecular complexity index is 345. The first-order chi connectivity index (χ1) is 8.74. The molecule has 0 amide bonds. The molecule has 0 radical (unpaired) electrons. The van der Waals surface area contributed by atoms with E-state index in [9.17, 15) is 0 Å². The van der Waals surface area contributed by atoms with E-state index in [1.807, 2.05) is 12.1 Å². The first kappa shape index (κ1) is 15.4. The highest BCUT2D eigenvalue weighted by Gasteiger charge is 1.98. The van der Waals surface area contributed by atoms with Gasteiger partial charge in [-0.1, -0.05) is 17.7 Å². The summed E-state index contributed by atoms with van der Waals surface area (Å²) in [5, 5.41) is 7.56. The van der Waals surface area contributed by atoms with E-state index >= 15 is 0 Å². The molecule has 1 aromatic carbocycles. The third-order valence-electron chi connectivity index (χ3n) is 2.81. The Kier molecular flexibility index (Phi) is 8.01. The Labute approximate surface area is 115 Å². The van der Waals surface area contributed by atoms with E-state index in [2.05, 4.69) is 23.6 Å². The number of ether oxygens (including phenoxy) is 1. The second kappa shape index (κ2) is 9.34. The lowest BCUT2D eigenvalue weighted by atomic mass is 10.1. The highest BCUT2D eigenvalue weighted by Crippen LogP contribution is 2.14. The molecule has 18 heavy (non-hydrogen) atoms. The Morgan fingerprint density at radius 2 is 1.94 bits per heavy atom. The van der Waals surface area contributed by atoms with Gasteiger partial charge in [0, 0.05) is 25.2 Å². The van der Waals surface area contributed by atoms with Crippen LogP contribution in [0, 0.1) is 6.92 Å². The van der Waals surface area contributed by atoms with Crippen molar-refractivity contribution in [2.45, 2.75) is 19.9 Å². The highest BCUT2D eigenvalue weighted by molar-refractivity contribution is 6.30. The third-order valence-corrected chi connectivity index (χ3v) is 3.05. The summed E-state index contributed by atoms with van der Waals surface area (Å²) in [6.45, 7) is 6.73. The molecule has 4 heteroatoms. The van der Waals surface area contributed by atoms with Gasteiger partial charge in [-0.3, -0.25) is 0 Å². The van der Waals surface area contributed by atoms with Gasteiger partial charge in [-0.25, -0.2) is 0 Å². The lowest BCUT2D eigenvalue weighted by Gasteiger charge is -2.08. The molecule has 0 heterocycles. The number of halogens is 1. The molecule has 3 nitrogen and oxygen atoms in total. The second-order valence-corrected chi connectivity index (χ2v) is 4.78. The summed E-state index contributed by atoms with van der Waals surface area (Å²) in [4.78, 5) is 0. The summed E-state index contributed by atoms with van der Waals surface area (Å²) >= 11 is 5.92. The second-order valence-electron chi connectivity index (χ2n) is 4.34. The maximum Gasteiger partial charge on any atom is 0.0587 e. The normalized spacial score (nSPS) is 10.8. The molecule has 1 rings (SSSR count). The standard InChI is InChI=1S/C14H23ClN2O/c1-12-10-14(15)5-4-13(12)11-17-7-3-6-16-8-9-18-2/h4-5,10,16-17H,3,6-9,11H2,1-2H3. The predicted octanol–water partition coefficient (Wildman–Crippen LogP) is 2.36. The zero-order valence-electron chi connectivity index (χ0n) is 11.3. The Morgan fingerprint density at radius 1 is 1.17 bits per heavy atom. The number of hydrogen-bond acceptors (Lipinski definition) is 3. The van der Waals surface area contributed by atoms with Crippen LogP contribution in [-0.2, 0) is 11.3 Å². The van der Waals surface area contributed by atoms with E-state index in [4.69, 9.17) is 16.3 Å². The maximum absolute atomic E-state index is 5.92. The minimum absolute atomic E-state index is 0.775. The van der Waals surface area contributed by atoms with E-state index < -0.39 is 0 Å². The van der Waals surface area contributed by atoms with Crippen molar-refractivity contribution in [3.8, 4) is 0 Å². The lowest BCUT2D eigenvalue weighted by molar-refractivity contribution is 0.199. The van der Waals surface area contributed by atoms with Crippen molar-refractivity contribution in [3.63, 3.8) is 0 Å². The van der Waals surface area contributed by atoms with Gasteiger partial charge >= 0.3 is 0 Å². The molecule has 0 spiro atoms. The summed E-state index contributed by atoms with van der Waals surface area (Å²) in [5.74, 6) is 0. The van der Waals surface area contributed by atoms with Gasteiger partial charge in [0.1, 0.15) is 0 Å².